The number of hydrogen-bond acceptors (Lipinski definition) is 2. The van der Waals surface area contributed by atoms with Crippen molar-refractivity contribution in [2.75, 3.05) is 0 Å². The molecular formula is C15H12O2. The molecule has 2 heteroatoms. The predicted molar refractivity (Wildman–Crippen MR) is 64.8 cm³/mol. The van der Waals surface area contributed by atoms with Crippen LogP contribution in [0.25, 0.3) is 0 Å². The zero-order valence-electron chi connectivity index (χ0n) is 9.51. The smallest absolute Gasteiger partial charge is 0.339 e. The molecule has 0 saturated carbocycles. The summed E-state index contributed by atoms with van der Waals surface area (Å²) < 4.78 is 5.57. The molecule has 17 heavy (non-hydrogen) atoms. The molecule has 84 valence electrons. The maximum absolute atomic E-state index is 11.8. The van der Waals surface area contributed by atoms with Gasteiger partial charge in [-0.15, -0.1) is 0 Å². The summed E-state index contributed by atoms with van der Waals surface area (Å²) in [6, 6.07) is 17.4. The van der Waals surface area contributed by atoms with Gasteiger partial charge >= 0.3 is 5.97 Å². The van der Waals surface area contributed by atoms with Gasteiger partial charge in [-0.1, -0.05) is 48.5 Å². The van der Waals surface area contributed by atoms with Crippen LogP contribution in [-0.2, 0) is 10.3 Å². The lowest BCUT2D eigenvalue weighted by Gasteiger charge is -2.24. The fourth-order valence-corrected chi connectivity index (χ4v) is 2.34. The average Bonchev–Trinajstić information content (AvgIpc) is 2.65. The molecule has 0 amide bonds. The van der Waals surface area contributed by atoms with Crippen LogP contribution in [0.1, 0.15) is 28.4 Å². The number of esters is 1. The highest BCUT2D eigenvalue weighted by Crippen LogP contribution is 2.41. The third kappa shape index (κ3) is 1.37. The monoisotopic (exact) mass is 224 g/mol. The molecule has 1 atom stereocenters. The molecule has 0 spiro atoms. The molecule has 0 radical (unpaired) electrons. The molecule has 1 heterocycles. The number of cyclic esters (lactones) is 1. The third-order valence-corrected chi connectivity index (χ3v) is 3.28. The van der Waals surface area contributed by atoms with Crippen molar-refractivity contribution in [3.05, 3.63) is 71.3 Å². The Balaban J connectivity index is 2.21. The quantitative estimate of drug-likeness (QED) is 0.696. The van der Waals surface area contributed by atoms with E-state index in [0.29, 0.717) is 5.56 Å². The molecule has 2 aromatic carbocycles. The van der Waals surface area contributed by atoms with E-state index in [1.807, 2.05) is 61.5 Å². The first-order valence-corrected chi connectivity index (χ1v) is 5.60. The van der Waals surface area contributed by atoms with E-state index in [9.17, 15) is 4.79 Å². The number of carbonyl (C=O) groups is 1. The third-order valence-electron chi connectivity index (χ3n) is 3.28. The van der Waals surface area contributed by atoms with Crippen LogP contribution in [0.4, 0.5) is 0 Å². The van der Waals surface area contributed by atoms with Crippen LogP contribution in [0.15, 0.2) is 54.6 Å². The van der Waals surface area contributed by atoms with Crippen molar-refractivity contribution in [2.45, 2.75) is 12.5 Å². The summed E-state index contributed by atoms with van der Waals surface area (Å²) in [7, 11) is 0. The minimum Gasteiger partial charge on any atom is -0.446 e. The van der Waals surface area contributed by atoms with E-state index in [1.165, 1.54) is 0 Å². The molecule has 0 bridgehead atoms. The topological polar surface area (TPSA) is 26.3 Å². The second kappa shape index (κ2) is 3.45. The molecule has 0 N–H and O–H groups in total. The molecule has 2 nitrogen and oxygen atoms in total. The van der Waals surface area contributed by atoms with E-state index in [0.717, 1.165) is 11.1 Å². The molecule has 3 rings (SSSR count). The van der Waals surface area contributed by atoms with Crippen molar-refractivity contribution in [1.82, 2.24) is 0 Å². The van der Waals surface area contributed by atoms with E-state index in [1.54, 1.807) is 0 Å². The Bertz CT molecular complexity index is 574. The second-order valence-corrected chi connectivity index (χ2v) is 4.33. The van der Waals surface area contributed by atoms with Crippen LogP contribution >= 0.6 is 0 Å². The van der Waals surface area contributed by atoms with E-state index < -0.39 is 5.60 Å². The Morgan fingerprint density at radius 2 is 1.59 bits per heavy atom. The Kier molecular flexibility index (Phi) is 2.05. The summed E-state index contributed by atoms with van der Waals surface area (Å²) in [5.41, 5.74) is 1.95. The largest absolute Gasteiger partial charge is 0.446 e. The van der Waals surface area contributed by atoms with Crippen LogP contribution in [0.5, 0.6) is 0 Å². The van der Waals surface area contributed by atoms with Crippen molar-refractivity contribution < 1.29 is 9.53 Å². The highest BCUT2D eigenvalue weighted by Gasteiger charge is 2.42. The highest BCUT2D eigenvalue weighted by atomic mass is 16.6. The SMILES string of the molecule is C[C@@]1(c2ccccc2)OC(=O)c2ccccc21. The molecule has 1 aliphatic rings. The van der Waals surface area contributed by atoms with Gasteiger partial charge < -0.3 is 4.74 Å². The van der Waals surface area contributed by atoms with Crippen molar-refractivity contribution >= 4 is 5.97 Å². The zero-order chi connectivity index (χ0) is 11.9. The van der Waals surface area contributed by atoms with Crippen molar-refractivity contribution in [1.29, 1.82) is 0 Å². The number of hydrogen-bond donors (Lipinski definition) is 0. The summed E-state index contributed by atoms with van der Waals surface area (Å²) in [5.74, 6) is -0.244. The summed E-state index contributed by atoms with van der Waals surface area (Å²) in [4.78, 5) is 11.8. The van der Waals surface area contributed by atoms with E-state index in [2.05, 4.69) is 0 Å². The first kappa shape index (κ1) is 10.1. The first-order valence-electron chi connectivity index (χ1n) is 5.60. The normalized spacial score (nSPS) is 22.1. The first-order chi connectivity index (χ1) is 8.22. The molecule has 2 aromatic rings. The molecule has 1 aliphatic heterocycles. The van der Waals surface area contributed by atoms with Gasteiger partial charge in [0, 0.05) is 5.56 Å². The summed E-state index contributed by atoms with van der Waals surface area (Å²) in [6.07, 6.45) is 0. The maximum atomic E-state index is 11.8. The van der Waals surface area contributed by atoms with Crippen molar-refractivity contribution in [3.8, 4) is 0 Å². The number of carbonyl (C=O) groups excluding carboxylic acids is 1. The summed E-state index contributed by atoms with van der Waals surface area (Å²) in [6.45, 7) is 1.94. The number of fused-ring (bicyclic) bond motifs is 1. The lowest BCUT2D eigenvalue weighted by molar-refractivity contribution is 0.0180. The molecular weight excluding hydrogens is 212 g/mol. The molecule has 0 aliphatic carbocycles. The average molecular weight is 224 g/mol. The summed E-state index contributed by atoms with van der Waals surface area (Å²) in [5, 5.41) is 0. The van der Waals surface area contributed by atoms with Crippen molar-refractivity contribution in [3.63, 3.8) is 0 Å². The van der Waals surface area contributed by atoms with Gasteiger partial charge in [0.2, 0.25) is 0 Å². The fourth-order valence-electron chi connectivity index (χ4n) is 2.34. The van der Waals surface area contributed by atoms with Crippen LogP contribution in [-0.4, -0.2) is 5.97 Å². The summed E-state index contributed by atoms with van der Waals surface area (Å²) >= 11 is 0. The molecule has 0 aromatic heterocycles. The van der Waals surface area contributed by atoms with Gasteiger partial charge in [0.1, 0.15) is 0 Å². The minimum atomic E-state index is -0.658. The predicted octanol–water partition coefficient (Wildman–Crippen LogP) is 3.12. The Labute approximate surface area is 99.9 Å². The van der Waals surface area contributed by atoms with Gasteiger partial charge in [-0.2, -0.15) is 0 Å². The molecule has 0 unspecified atom stereocenters. The molecule has 0 saturated heterocycles. The van der Waals surface area contributed by atoms with Gasteiger partial charge in [0.15, 0.2) is 5.60 Å². The van der Waals surface area contributed by atoms with Crippen molar-refractivity contribution in [2.24, 2.45) is 0 Å². The number of ether oxygens (including phenoxy) is 1. The number of rotatable bonds is 1. The minimum absolute atomic E-state index is 0.244. The lowest BCUT2D eigenvalue weighted by atomic mass is 9.87. The van der Waals surface area contributed by atoms with Gasteiger partial charge in [-0.05, 0) is 18.6 Å². The van der Waals surface area contributed by atoms with Crippen LogP contribution in [0, 0.1) is 0 Å². The Morgan fingerprint density at radius 1 is 0.941 bits per heavy atom. The standard InChI is InChI=1S/C15H12O2/c1-15(11-7-3-2-4-8-11)13-10-6-5-9-12(13)14(16)17-15/h2-10H,1H3/t15-/m0/s1. The maximum Gasteiger partial charge on any atom is 0.339 e. The van der Waals surface area contributed by atoms with Crippen LogP contribution in [0.3, 0.4) is 0 Å². The Hall–Kier alpha value is -2.09. The molecule has 0 fully saturated rings. The van der Waals surface area contributed by atoms with Gasteiger partial charge in [-0.3, -0.25) is 0 Å². The fraction of sp³-hybridized carbons (Fsp3) is 0.133. The van der Waals surface area contributed by atoms with Crippen LogP contribution < -0.4 is 0 Å². The number of benzene rings is 2. The lowest BCUT2D eigenvalue weighted by Crippen LogP contribution is -2.23. The zero-order valence-corrected chi connectivity index (χ0v) is 9.51. The van der Waals surface area contributed by atoms with Crippen LogP contribution in [0.2, 0.25) is 0 Å². The Morgan fingerprint density at radius 3 is 2.35 bits per heavy atom. The second-order valence-electron chi connectivity index (χ2n) is 4.33. The van der Waals surface area contributed by atoms with Gasteiger partial charge in [-0.25, -0.2) is 4.79 Å². The van der Waals surface area contributed by atoms with Gasteiger partial charge in [0.05, 0.1) is 5.56 Å². The van der Waals surface area contributed by atoms with E-state index >= 15 is 0 Å². The van der Waals surface area contributed by atoms with E-state index in [4.69, 9.17) is 4.74 Å². The van der Waals surface area contributed by atoms with E-state index in [-0.39, 0.29) is 5.97 Å². The van der Waals surface area contributed by atoms with Gasteiger partial charge in [0.25, 0.3) is 0 Å². The highest BCUT2D eigenvalue weighted by molar-refractivity contribution is 5.95.